The van der Waals surface area contributed by atoms with Crippen LogP contribution in [0.5, 0.6) is 5.75 Å². The van der Waals surface area contributed by atoms with Crippen LogP contribution in [0.3, 0.4) is 0 Å². The van der Waals surface area contributed by atoms with Crippen LogP contribution in [0.1, 0.15) is 76.9 Å². The number of hydrogen-bond acceptors (Lipinski definition) is 2. The molecule has 1 fully saturated rings. The minimum atomic E-state index is -1.04. The van der Waals surface area contributed by atoms with Crippen molar-refractivity contribution in [1.82, 2.24) is 0 Å². The molecule has 1 saturated heterocycles. The number of hydrogen-bond donors (Lipinski definition) is 0. The van der Waals surface area contributed by atoms with E-state index in [2.05, 4.69) is 6.92 Å². The number of unbranched alkanes of at least 4 members (excludes halogenated alkanes) is 3. The monoisotopic (exact) mass is 522 g/mol. The molecule has 3 aromatic carbocycles. The van der Waals surface area contributed by atoms with Gasteiger partial charge in [-0.1, -0.05) is 75.9 Å². The lowest BCUT2D eigenvalue weighted by atomic mass is 9.90. The predicted molar refractivity (Wildman–Crippen MR) is 147 cm³/mol. The van der Waals surface area contributed by atoms with E-state index < -0.39 is 11.6 Å². The van der Waals surface area contributed by atoms with E-state index in [1.807, 2.05) is 13.0 Å². The van der Waals surface area contributed by atoms with Crippen molar-refractivity contribution in [2.24, 2.45) is 5.92 Å². The number of ether oxygens (including phenoxy) is 2. The fraction of sp³-hybridized carbons (Fsp3) is 0.394. The van der Waals surface area contributed by atoms with Crippen LogP contribution in [0.4, 0.5) is 13.2 Å². The zero-order valence-electron chi connectivity index (χ0n) is 22.3. The van der Waals surface area contributed by atoms with E-state index in [1.54, 1.807) is 42.5 Å². The Labute approximate surface area is 224 Å². The molecule has 38 heavy (non-hydrogen) atoms. The van der Waals surface area contributed by atoms with Crippen molar-refractivity contribution in [3.05, 3.63) is 90.0 Å². The Kier molecular flexibility index (Phi) is 10.1. The van der Waals surface area contributed by atoms with Crippen molar-refractivity contribution >= 4 is 0 Å². The standard InChI is InChI=1S/C33H37F3O2/c1-3-5-7-9-23-10-18-30(38-22-23)26-15-16-27(29(34)21-26)24-11-13-25(14-12-24)28-17-19-31(33(36)32(28)35)37-20-8-6-4-2/h8,11-17,19-21,23,30H,3-7,9-10,18,22H2,1-2H3/b20-8-. The summed E-state index contributed by atoms with van der Waals surface area (Å²) in [7, 11) is 0. The van der Waals surface area contributed by atoms with Gasteiger partial charge in [-0.25, -0.2) is 8.78 Å². The smallest absolute Gasteiger partial charge is 0.201 e. The fourth-order valence-electron chi connectivity index (χ4n) is 4.98. The van der Waals surface area contributed by atoms with Crippen LogP contribution in [0, 0.1) is 23.4 Å². The highest BCUT2D eigenvalue weighted by Gasteiger charge is 2.23. The molecule has 0 aromatic heterocycles. The summed E-state index contributed by atoms with van der Waals surface area (Å²) in [4.78, 5) is 0. The Hall–Kier alpha value is -3.05. The van der Waals surface area contributed by atoms with Crippen LogP contribution in [0.15, 0.2) is 66.9 Å². The molecule has 202 valence electrons. The molecule has 2 atom stereocenters. The number of halogens is 3. The van der Waals surface area contributed by atoms with Gasteiger partial charge >= 0.3 is 0 Å². The summed E-state index contributed by atoms with van der Waals surface area (Å²) in [5.74, 6) is -1.89. The number of allylic oxidation sites excluding steroid dienone is 1. The molecule has 1 aliphatic heterocycles. The molecule has 1 aliphatic rings. The second-order valence-corrected chi connectivity index (χ2v) is 10.1. The summed E-state index contributed by atoms with van der Waals surface area (Å²) in [6.07, 6.45) is 11.8. The Balaban J connectivity index is 1.42. The van der Waals surface area contributed by atoms with Gasteiger partial charge in [0.05, 0.1) is 19.0 Å². The third kappa shape index (κ3) is 6.87. The van der Waals surface area contributed by atoms with Crippen LogP contribution in [0.2, 0.25) is 0 Å². The van der Waals surface area contributed by atoms with E-state index in [-0.39, 0.29) is 23.2 Å². The van der Waals surface area contributed by atoms with Crippen LogP contribution < -0.4 is 4.74 Å². The van der Waals surface area contributed by atoms with Gasteiger partial charge < -0.3 is 9.47 Å². The Morgan fingerprint density at radius 1 is 0.842 bits per heavy atom. The minimum Gasteiger partial charge on any atom is -0.462 e. The molecule has 0 radical (unpaired) electrons. The SMILES string of the molecule is CCC/C=C\Oc1ccc(-c2ccc(-c3ccc(C4CCC(CCCCC)CO4)cc3F)cc2)c(F)c1F. The Bertz CT molecular complexity index is 1210. The molecule has 2 nitrogen and oxygen atoms in total. The van der Waals surface area contributed by atoms with E-state index in [9.17, 15) is 8.78 Å². The van der Waals surface area contributed by atoms with Gasteiger partial charge in [0.25, 0.3) is 0 Å². The molecular weight excluding hydrogens is 485 g/mol. The largest absolute Gasteiger partial charge is 0.462 e. The summed E-state index contributed by atoms with van der Waals surface area (Å²) in [6.45, 7) is 4.96. The minimum absolute atomic E-state index is 0.0738. The average Bonchev–Trinajstić information content (AvgIpc) is 2.94. The summed E-state index contributed by atoms with van der Waals surface area (Å²) >= 11 is 0. The first-order valence-electron chi connectivity index (χ1n) is 13.8. The molecule has 3 aromatic rings. The van der Waals surface area contributed by atoms with Crippen LogP contribution in [-0.2, 0) is 4.74 Å². The molecule has 0 bridgehead atoms. The van der Waals surface area contributed by atoms with Gasteiger partial charge in [-0.2, -0.15) is 4.39 Å². The van der Waals surface area contributed by atoms with Crippen molar-refractivity contribution in [2.45, 2.75) is 71.3 Å². The highest BCUT2D eigenvalue weighted by Crippen LogP contribution is 2.36. The van der Waals surface area contributed by atoms with Gasteiger partial charge in [-0.3, -0.25) is 0 Å². The number of rotatable bonds is 11. The lowest BCUT2D eigenvalue weighted by molar-refractivity contribution is -0.0200. The Morgan fingerprint density at radius 2 is 1.58 bits per heavy atom. The third-order valence-electron chi connectivity index (χ3n) is 7.25. The van der Waals surface area contributed by atoms with Crippen LogP contribution >= 0.6 is 0 Å². The fourth-order valence-corrected chi connectivity index (χ4v) is 4.98. The molecule has 5 heteroatoms. The van der Waals surface area contributed by atoms with E-state index in [4.69, 9.17) is 9.47 Å². The summed E-state index contributed by atoms with van der Waals surface area (Å²) < 4.78 is 55.8. The first-order chi connectivity index (χ1) is 18.5. The van der Waals surface area contributed by atoms with E-state index in [0.717, 1.165) is 37.9 Å². The maximum Gasteiger partial charge on any atom is 0.201 e. The first-order valence-corrected chi connectivity index (χ1v) is 13.8. The molecule has 4 rings (SSSR count). The third-order valence-corrected chi connectivity index (χ3v) is 7.25. The molecule has 1 heterocycles. The lowest BCUT2D eigenvalue weighted by Gasteiger charge is -2.29. The lowest BCUT2D eigenvalue weighted by Crippen LogP contribution is -2.20. The van der Waals surface area contributed by atoms with E-state index in [0.29, 0.717) is 22.6 Å². The second kappa shape index (κ2) is 13.7. The molecule has 2 unspecified atom stereocenters. The second-order valence-electron chi connectivity index (χ2n) is 10.1. The van der Waals surface area contributed by atoms with Gasteiger partial charge in [0.15, 0.2) is 11.6 Å². The summed E-state index contributed by atoms with van der Waals surface area (Å²) in [6, 6.07) is 15.0. The van der Waals surface area contributed by atoms with E-state index in [1.165, 1.54) is 44.1 Å². The maximum atomic E-state index is 15.1. The normalized spacial score (nSPS) is 17.7. The van der Waals surface area contributed by atoms with Crippen molar-refractivity contribution < 1.29 is 22.6 Å². The molecule has 0 spiro atoms. The van der Waals surface area contributed by atoms with Gasteiger partial charge in [0.1, 0.15) is 5.82 Å². The highest BCUT2D eigenvalue weighted by atomic mass is 19.2. The van der Waals surface area contributed by atoms with Crippen molar-refractivity contribution in [2.75, 3.05) is 6.61 Å². The predicted octanol–water partition coefficient (Wildman–Crippen LogP) is 10.2. The van der Waals surface area contributed by atoms with Crippen molar-refractivity contribution in [3.63, 3.8) is 0 Å². The first kappa shape index (κ1) is 28.0. The number of benzene rings is 3. The van der Waals surface area contributed by atoms with Gasteiger partial charge in [0.2, 0.25) is 5.82 Å². The highest BCUT2D eigenvalue weighted by molar-refractivity contribution is 5.71. The molecule has 0 saturated carbocycles. The van der Waals surface area contributed by atoms with Crippen molar-refractivity contribution in [1.29, 1.82) is 0 Å². The Morgan fingerprint density at radius 3 is 2.24 bits per heavy atom. The van der Waals surface area contributed by atoms with Gasteiger partial charge in [0, 0.05) is 11.1 Å². The topological polar surface area (TPSA) is 18.5 Å². The van der Waals surface area contributed by atoms with Crippen molar-refractivity contribution in [3.8, 4) is 28.0 Å². The zero-order valence-corrected chi connectivity index (χ0v) is 22.3. The van der Waals surface area contributed by atoms with Crippen LogP contribution in [-0.4, -0.2) is 6.61 Å². The molecular formula is C33H37F3O2. The molecule has 0 aliphatic carbocycles. The average molecular weight is 523 g/mol. The summed E-state index contributed by atoms with van der Waals surface area (Å²) in [5.41, 5.74) is 2.61. The van der Waals surface area contributed by atoms with E-state index >= 15 is 4.39 Å². The summed E-state index contributed by atoms with van der Waals surface area (Å²) in [5, 5.41) is 0. The van der Waals surface area contributed by atoms with Gasteiger partial charge in [-0.15, -0.1) is 0 Å². The molecule has 0 amide bonds. The van der Waals surface area contributed by atoms with Gasteiger partial charge in [-0.05, 0) is 72.6 Å². The molecule has 0 N–H and O–H groups in total. The quantitative estimate of drug-likeness (QED) is 0.184. The zero-order chi connectivity index (χ0) is 26.9. The maximum absolute atomic E-state index is 15.1. The van der Waals surface area contributed by atoms with Crippen LogP contribution in [0.25, 0.3) is 22.3 Å².